The smallest absolute Gasteiger partial charge is 0.332 e. The highest BCUT2D eigenvalue weighted by molar-refractivity contribution is 5.23. The van der Waals surface area contributed by atoms with Crippen molar-refractivity contribution in [2.75, 3.05) is 6.61 Å². The Morgan fingerprint density at radius 3 is 2.55 bits per heavy atom. The Bertz CT molecular complexity index is 1060. The van der Waals surface area contributed by atoms with Crippen LogP contribution in [0.15, 0.2) is 46.1 Å². The van der Waals surface area contributed by atoms with E-state index in [1.54, 1.807) is 37.3 Å². The molecule has 33 heavy (non-hydrogen) atoms. The Kier molecular flexibility index (Phi) is 7.49. The summed E-state index contributed by atoms with van der Waals surface area (Å²) in [7, 11) is 0. The summed E-state index contributed by atoms with van der Waals surface area (Å²) in [5, 5.41) is 52.7. The van der Waals surface area contributed by atoms with Crippen molar-refractivity contribution in [2.24, 2.45) is 0 Å². The van der Waals surface area contributed by atoms with Crippen LogP contribution in [0.1, 0.15) is 37.3 Å². The number of nitrogens with zero attached hydrogens (tertiary/aromatic N) is 2. The molecular formula is C21H28FN3O8. The number of alkyl halides is 1. The number of aliphatic hydroxyl groups excluding tert-OH is 2. The van der Waals surface area contributed by atoms with E-state index >= 15 is 0 Å². The van der Waals surface area contributed by atoms with Crippen LogP contribution in [0, 0.1) is 0 Å². The van der Waals surface area contributed by atoms with Gasteiger partial charge in [-0.15, -0.1) is 5.06 Å². The van der Waals surface area contributed by atoms with Crippen LogP contribution >= 0.6 is 0 Å². The third kappa shape index (κ3) is 4.38. The van der Waals surface area contributed by atoms with Gasteiger partial charge in [0, 0.05) is 18.2 Å². The van der Waals surface area contributed by atoms with E-state index in [4.69, 9.17) is 4.74 Å². The summed E-state index contributed by atoms with van der Waals surface area (Å²) in [4.78, 5) is 26.9. The van der Waals surface area contributed by atoms with E-state index < -0.39 is 48.0 Å². The van der Waals surface area contributed by atoms with Gasteiger partial charge >= 0.3 is 11.6 Å². The lowest BCUT2D eigenvalue weighted by molar-refractivity contribution is -0.428. The fourth-order valence-electron chi connectivity index (χ4n) is 3.86. The van der Waals surface area contributed by atoms with Crippen LogP contribution in [0.4, 0.5) is 4.39 Å². The monoisotopic (exact) mass is 469 g/mol. The zero-order chi connectivity index (χ0) is 24.4. The van der Waals surface area contributed by atoms with E-state index in [0.717, 1.165) is 6.20 Å². The Labute approximate surface area is 187 Å². The number of hydroxylamine groups is 2. The highest BCUT2D eigenvalue weighted by Gasteiger charge is 2.71. The number of rotatable bonds is 9. The van der Waals surface area contributed by atoms with Crippen molar-refractivity contribution < 1.29 is 34.8 Å². The SMILES string of the molecule is CCCCC(F)N(O)[C@@]1(O)[C@H](O)[C@@H](CO)O[C@]1(O)n1cc(Cc2ccccc2)c(=O)[nH]c1=O. The molecule has 0 bridgehead atoms. The van der Waals surface area contributed by atoms with E-state index in [1.165, 1.54) is 0 Å². The zero-order valence-electron chi connectivity index (χ0n) is 18.0. The molecule has 0 aliphatic carbocycles. The minimum absolute atomic E-state index is 0.0159. The average molecular weight is 469 g/mol. The molecule has 1 saturated heterocycles. The number of ether oxygens (including phenoxy) is 1. The normalized spacial score (nSPS) is 28.4. The van der Waals surface area contributed by atoms with Crippen LogP contribution < -0.4 is 11.2 Å². The Morgan fingerprint density at radius 1 is 1.27 bits per heavy atom. The van der Waals surface area contributed by atoms with Crippen LogP contribution in [0.25, 0.3) is 0 Å². The largest absolute Gasteiger partial charge is 0.394 e. The highest BCUT2D eigenvalue weighted by atomic mass is 19.1. The predicted octanol–water partition coefficient (Wildman–Crippen LogP) is -0.652. The molecule has 0 amide bonds. The zero-order valence-corrected chi connectivity index (χ0v) is 18.0. The fraction of sp³-hybridized carbons (Fsp3) is 0.524. The molecule has 5 atom stereocenters. The fourth-order valence-corrected chi connectivity index (χ4v) is 3.86. The standard InChI is InChI=1S/C21H28FN3O8/c1-2-3-9-16(22)25(32)20(30)17(27)15(12-26)33-21(20,31)24-11-14(18(28)23-19(24)29)10-13-7-5-4-6-8-13/h4-8,11,15-17,26-27,30-32H,2-3,9-10,12H2,1H3,(H,23,28,29)/t15-,16?,17-,20-,21+/m1/s1. The lowest BCUT2D eigenvalue weighted by atomic mass is 9.99. The molecule has 1 aromatic heterocycles. The van der Waals surface area contributed by atoms with Crippen molar-refractivity contribution in [3.8, 4) is 0 Å². The molecule has 3 rings (SSSR count). The van der Waals surface area contributed by atoms with E-state index in [-0.39, 0.29) is 23.5 Å². The summed E-state index contributed by atoms with van der Waals surface area (Å²) < 4.78 is 20.2. The predicted molar refractivity (Wildman–Crippen MR) is 112 cm³/mol. The third-order valence-corrected chi connectivity index (χ3v) is 5.73. The van der Waals surface area contributed by atoms with Crippen molar-refractivity contribution in [3.63, 3.8) is 0 Å². The summed E-state index contributed by atoms with van der Waals surface area (Å²) in [6, 6.07) is 8.66. The van der Waals surface area contributed by atoms with Crippen molar-refractivity contribution in [1.29, 1.82) is 0 Å². The average Bonchev–Trinajstić information content (AvgIpc) is 3.01. The first-order valence-electron chi connectivity index (χ1n) is 10.5. The van der Waals surface area contributed by atoms with Gasteiger partial charge in [-0.3, -0.25) is 9.78 Å². The highest BCUT2D eigenvalue weighted by Crippen LogP contribution is 2.44. The second kappa shape index (κ2) is 9.81. The number of aromatic amines is 1. The molecule has 1 aliphatic heterocycles. The molecule has 6 N–H and O–H groups in total. The van der Waals surface area contributed by atoms with Gasteiger partial charge < -0.3 is 30.4 Å². The number of aliphatic hydroxyl groups is 4. The second-order valence-electron chi connectivity index (χ2n) is 7.99. The Hall–Kier alpha value is -2.45. The maximum absolute atomic E-state index is 14.7. The first kappa shape index (κ1) is 25.2. The second-order valence-corrected chi connectivity index (χ2v) is 7.99. The van der Waals surface area contributed by atoms with Crippen LogP contribution in [0.3, 0.4) is 0 Å². The van der Waals surface area contributed by atoms with Gasteiger partial charge in [-0.1, -0.05) is 43.7 Å². The summed E-state index contributed by atoms with van der Waals surface area (Å²) >= 11 is 0. The molecule has 0 saturated carbocycles. The topological polar surface area (TPSA) is 168 Å². The van der Waals surface area contributed by atoms with E-state index in [1.807, 2.05) is 4.98 Å². The van der Waals surface area contributed by atoms with E-state index in [0.29, 0.717) is 23.0 Å². The molecular weight excluding hydrogens is 441 g/mol. The van der Waals surface area contributed by atoms with E-state index in [2.05, 4.69) is 0 Å². The molecule has 12 heteroatoms. The molecule has 0 radical (unpaired) electrons. The molecule has 2 aromatic rings. The lowest BCUT2D eigenvalue weighted by Gasteiger charge is -2.43. The summed E-state index contributed by atoms with van der Waals surface area (Å²) in [5.74, 6) is -3.28. The van der Waals surface area contributed by atoms with Crippen LogP contribution in [-0.4, -0.2) is 71.1 Å². The van der Waals surface area contributed by atoms with Crippen LogP contribution in [-0.2, 0) is 17.1 Å². The number of H-pyrrole nitrogens is 1. The number of benzene rings is 1. The van der Waals surface area contributed by atoms with Gasteiger partial charge in [-0.2, -0.15) is 0 Å². The van der Waals surface area contributed by atoms with Gasteiger partial charge in [0.25, 0.3) is 5.56 Å². The van der Waals surface area contributed by atoms with Crippen molar-refractivity contribution in [1.82, 2.24) is 14.6 Å². The number of unbranched alkanes of at least 4 members (excludes halogenated alkanes) is 1. The number of hydrogen-bond donors (Lipinski definition) is 6. The molecule has 2 heterocycles. The molecule has 1 aromatic carbocycles. The van der Waals surface area contributed by atoms with Gasteiger partial charge in [0.15, 0.2) is 6.30 Å². The Balaban J connectivity index is 2.12. The van der Waals surface area contributed by atoms with Gasteiger partial charge in [0.05, 0.1) is 6.61 Å². The summed E-state index contributed by atoms with van der Waals surface area (Å²) in [5.41, 5.74) is -4.71. The molecule has 182 valence electrons. The third-order valence-electron chi connectivity index (χ3n) is 5.73. The van der Waals surface area contributed by atoms with Gasteiger partial charge in [-0.25, -0.2) is 13.8 Å². The van der Waals surface area contributed by atoms with Crippen molar-refractivity contribution in [2.45, 2.75) is 62.7 Å². The minimum Gasteiger partial charge on any atom is -0.394 e. The van der Waals surface area contributed by atoms with Gasteiger partial charge in [0.2, 0.25) is 5.72 Å². The van der Waals surface area contributed by atoms with Crippen LogP contribution in [0.2, 0.25) is 0 Å². The first-order chi connectivity index (χ1) is 15.6. The number of aromatic nitrogens is 2. The molecule has 1 unspecified atom stereocenters. The first-order valence-corrected chi connectivity index (χ1v) is 10.5. The quantitative estimate of drug-likeness (QED) is 0.159. The van der Waals surface area contributed by atoms with E-state index in [9.17, 15) is 39.6 Å². The van der Waals surface area contributed by atoms with Crippen molar-refractivity contribution in [3.05, 3.63) is 68.5 Å². The van der Waals surface area contributed by atoms with Crippen molar-refractivity contribution >= 4 is 0 Å². The number of halogens is 1. The summed E-state index contributed by atoms with van der Waals surface area (Å²) in [6.45, 7) is 0.823. The summed E-state index contributed by atoms with van der Waals surface area (Å²) in [6.07, 6.45) is -4.73. The molecule has 11 nitrogen and oxygen atoms in total. The lowest BCUT2D eigenvalue weighted by Crippen LogP contribution is -2.69. The Morgan fingerprint density at radius 2 is 1.94 bits per heavy atom. The van der Waals surface area contributed by atoms with Crippen LogP contribution in [0.5, 0.6) is 0 Å². The number of nitrogens with one attached hydrogen (secondary N) is 1. The number of hydrogen-bond acceptors (Lipinski definition) is 9. The molecule has 1 fully saturated rings. The minimum atomic E-state index is -3.32. The maximum atomic E-state index is 14.7. The maximum Gasteiger partial charge on any atom is 0.332 e. The van der Waals surface area contributed by atoms with Gasteiger partial charge in [0.1, 0.15) is 12.2 Å². The van der Waals surface area contributed by atoms with Gasteiger partial charge in [-0.05, 0) is 18.4 Å². The molecule has 1 aliphatic rings. The molecule has 0 spiro atoms.